The number of para-hydroxylation sites is 3. The molecule has 3 heterocycles. The maximum atomic E-state index is 10.5. The average Bonchev–Trinajstić information content (AvgIpc) is 3.71. The van der Waals surface area contributed by atoms with E-state index >= 15 is 0 Å². The summed E-state index contributed by atoms with van der Waals surface area (Å²) in [6.45, 7) is 8.30. The molecule has 0 saturated carbocycles. The summed E-state index contributed by atoms with van der Waals surface area (Å²) < 4.78 is 6.86. The number of fused-ring (bicyclic) bond motifs is 10. The lowest BCUT2D eigenvalue weighted by molar-refractivity contribution is 1.09. The van der Waals surface area contributed by atoms with Gasteiger partial charge in [-0.05, 0) is 30.3 Å². The zero-order valence-corrected chi connectivity index (χ0v) is 23.6. The minimum atomic E-state index is 0.495. The van der Waals surface area contributed by atoms with Gasteiger partial charge in [-0.15, -0.1) is 11.3 Å². The number of hydrogen-bond acceptors (Lipinski definition) is 2. The Labute approximate surface area is 250 Å². The average molecular weight is 565 g/mol. The minimum Gasteiger partial charge on any atom is -0.317 e. The SMILES string of the molecule is [C-]#[N+]c1ccc(C#N)c(-n2c3ccccc3c3ccccc32)c1-n1c2ccccc2c2c3sc4ccccc4c3ccc21. The van der Waals surface area contributed by atoms with Crippen LogP contribution in [-0.4, -0.2) is 9.13 Å². The van der Waals surface area contributed by atoms with Crippen LogP contribution < -0.4 is 0 Å². The van der Waals surface area contributed by atoms with Crippen molar-refractivity contribution in [2.24, 2.45) is 0 Å². The standard InChI is InChI=1S/C38H20N4S/c1-40-29-20-18-23(22-39)36(41-30-14-6-2-10-24(30)25-11-3-7-15-31(25)41)37(29)42-32-16-8-4-13-28(32)35-33(42)21-19-27-26-12-5-9-17-34(26)43-38(27)35/h2-21H. The van der Waals surface area contributed by atoms with E-state index in [2.05, 4.69) is 98.9 Å². The van der Waals surface area contributed by atoms with Crippen LogP contribution in [0.25, 0.3) is 80.0 Å². The van der Waals surface area contributed by atoms with Crippen LogP contribution in [0.2, 0.25) is 0 Å². The maximum absolute atomic E-state index is 10.5. The zero-order chi connectivity index (χ0) is 28.7. The Morgan fingerprint density at radius 2 is 1.14 bits per heavy atom. The molecular formula is C38H20N4S. The molecule has 3 aromatic heterocycles. The molecule has 0 spiro atoms. The Balaban J connectivity index is 1.52. The second kappa shape index (κ2) is 8.81. The summed E-state index contributed by atoms with van der Waals surface area (Å²) in [4.78, 5) is 4.05. The molecule has 0 aliphatic carbocycles. The molecule has 0 saturated heterocycles. The van der Waals surface area contributed by atoms with Crippen LogP contribution in [0.4, 0.5) is 5.69 Å². The quantitative estimate of drug-likeness (QED) is 0.192. The van der Waals surface area contributed by atoms with Crippen molar-refractivity contribution in [2.75, 3.05) is 0 Å². The smallest absolute Gasteiger partial charge is 0.212 e. The number of nitrogens with zero attached hydrogens (tertiary/aromatic N) is 4. The topological polar surface area (TPSA) is 38.0 Å². The van der Waals surface area contributed by atoms with Gasteiger partial charge in [0.1, 0.15) is 6.07 Å². The summed E-state index contributed by atoms with van der Waals surface area (Å²) in [6.07, 6.45) is 0. The number of thiophene rings is 1. The van der Waals surface area contributed by atoms with E-state index in [9.17, 15) is 5.26 Å². The van der Waals surface area contributed by atoms with Gasteiger partial charge in [0.2, 0.25) is 5.69 Å². The number of rotatable bonds is 2. The molecule has 4 nitrogen and oxygen atoms in total. The fourth-order valence-corrected chi connectivity index (χ4v) is 8.09. The van der Waals surface area contributed by atoms with Gasteiger partial charge in [-0.1, -0.05) is 91.0 Å². The molecule has 0 atom stereocenters. The third-order valence-electron chi connectivity index (χ3n) is 8.58. The third-order valence-corrected chi connectivity index (χ3v) is 9.78. The number of aromatic nitrogens is 2. The summed E-state index contributed by atoms with van der Waals surface area (Å²) in [5.74, 6) is 0. The number of benzene rings is 6. The van der Waals surface area contributed by atoms with Gasteiger partial charge in [0.05, 0.1) is 45.6 Å². The molecule has 0 fully saturated rings. The van der Waals surface area contributed by atoms with Gasteiger partial charge < -0.3 is 9.13 Å². The fourth-order valence-electron chi connectivity index (χ4n) is 6.84. The summed E-state index contributed by atoms with van der Waals surface area (Å²) in [7, 11) is 0. The van der Waals surface area contributed by atoms with E-state index in [1.807, 2.05) is 30.3 Å². The third kappa shape index (κ3) is 3.12. The van der Waals surface area contributed by atoms with Crippen LogP contribution in [0.5, 0.6) is 0 Å². The Kier molecular flexibility index (Phi) is 4.87. The maximum Gasteiger partial charge on any atom is 0.212 e. The molecule has 9 aromatic rings. The van der Waals surface area contributed by atoms with E-state index in [1.54, 1.807) is 23.5 Å². The molecule has 0 N–H and O–H groups in total. The van der Waals surface area contributed by atoms with Crippen molar-refractivity contribution in [3.05, 3.63) is 138 Å². The molecule has 6 aromatic carbocycles. The van der Waals surface area contributed by atoms with Crippen molar-refractivity contribution in [1.82, 2.24) is 9.13 Å². The van der Waals surface area contributed by atoms with Crippen LogP contribution in [0.3, 0.4) is 0 Å². The second-order valence-electron chi connectivity index (χ2n) is 10.7. The Hall–Kier alpha value is -5.88. The molecular weight excluding hydrogens is 545 g/mol. The lowest BCUT2D eigenvalue weighted by Gasteiger charge is -2.19. The fraction of sp³-hybridized carbons (Fsp3) is 0. The predicted molar refractivity (Wildman–Crippen MR) is 179 cm³/mol. The van der Waals surface area contributed by atoms with Crippen molar-refractivity contribution in [3.63, 3.8) is 0 Å². The van der Waals surface area contributed by atoms with Gasteiger partial charge in [-0.25, -0.2) is 4.85 Å². The van der Waals surface area contributed by atoms with E-state index in [-0.39, 0.29) is 0 Å². The van der Waals surface area contributed by atoms with Crippen molar-refractivity contribution < 1.29 is 0 Å². The highest BCUT2D eigenvalue weighted by Crippen LogP contribution is 2.46. The summed E-state index contributed by atoms with van der Waals surface area (Å²) >= 11 is 1.81. The molecule has 0 radical (unpaired) electrons. The van der Waals surface area contributed by atoms with Gasteiger partial charge in [0.25, 0.3) is 0 Å². The monoisotopic (exact) mass is 564 g/mol. The Morgan fingerprint density at radius 1 is 0.558 bits per heavy atom. The van der Waals surface area contributed by atoms with Gasteiger partial charge in [0.15, 0.2) is 0 Å². The summed E-state index contributed by atoms with van der Waals surface area (Å²) in [5.41, 5.74) is 6.46. The molecule has 0 aliphatic rings. The first kappa shape index (κ1) is 23.8. The van der Waals surface area contributed by atoms with Crippen LogP contribution >= 0.6 is 11.3 Å². The van der Waals surface area contributed by atoms with Crippen molar-refractivity contribution in [1.29, 1.82) is 5.26 Å². The highest BCUT2D eigenvalue weighted by Gasteiger charge is 2.25. The zero-order valence-electron chi connectivity index (χ0n) is 22.7. The first-order valence-corrected chi connectivity index (χ1v) is 14.9. The van der Waals surface area contributed by atoms with Crippen molar-refractivity contribution >= 4 is 80.8 Å². The van der Waals surface area contributed by atoms with Gasteiger partial charge in [0, 0.05) is 41.7 Å². The minimum absolute atomic E-state index is 0.495. The number of nitriles is 1. The van der Waals surface area contributed by atoms with Crippen LogP contribution in [0, 0.1) is 17.9 Å². The molecule has 43 heavy (non-hydrogen) atoms. The van der Waals surface area contributed by atoms with Gasteiger partial charge >= 0.3 is 0 Å². The molecule has 0 bridgehead atoms. The van der Waals surface area contributed by atoms with Crippen LogP contribution in [-0.2, 0) is 0 Å². The molecule has 0 unspecified atom stereocenters. The normalized spacial score (nSPS) is 11.7. The largest absolute Gasteiger partial charge is 0.317 e. The molecule has 9 rings (SSSR count). The molecule has 5 heteroatoms. The predicted octanol–water partition coefficient (Wildman–Crippen LogP) is 10.7. The highest BCUT2D eigenvalue weighted by molar-refractivity contribution is 7.26. The van der Waals surface area contributed by atoms with Crippen LogP contribution in [0.1, 0.15) is 5.56 Å². The summed E-state index contributed by atoms with van der Waals surface area (Å²) in [5, 5.41) is 17.5. The van der Waals surface area contributed by atoms with E-state index in [0.717, 1.165) is 38.2 Å². The van der Waals surface area contributed by atoms with E-state index in [0.29, 0.717) is 22.6 Å². The molecule has 0 aliphatic heterocycles. The van der Waals surface area contributed by atoms with Crippen molar-refractivity contribution in [2.45, 2.75) is 0 Å². The molecule has 0 amide bonds. The van der Waals surface area contributed by atoms with E-state index in [4.69, 9.17) is 6.57 Å². The molecule has 198 valence electrons. The Bertz CT molecular complexity index is 2650. The summed E-state index contributed by atoms with van der Waals surface area (Å²) in [6, 6.07) is 44.0. The van der Waals surface area contributed by atoms with Gasteiger partial charge in [-0.2, -0.15) is 5.26 Å². The number of hydrogen-bond donors (Lipinski definition) is 0. The second-order valence-corrected chi connectivity index (χ2v) is 11.8. The Morgan fingerprint density at radius 3 is 1.81 bits per heavy atom. The first-order valence-electron chi connectivity index (χ1n) is 14.1. The highest BCUT2D eigenvalue weighted by atomic mass is 32.1. The first-order chi connectivity index (χ1) is 21.3. The van der Waals surface area contributed by atoms with E-state index in [1.165, 1.54) is 25.6 Å². The van der Waals surface area contributed by atoms with E-state index < -0.39 is 0 Å². The lowest BCUT2D eigenvalue weighted by atomic mass is 10.1. The lowest BCUT2D eigenvalue weighted by Crippen LogP contribution is -2.06. The van der Waals surface area contributed by atoms with Crippen molar-refractivity contribution in [3.8, 4) is 17.4 Å². The van der Waals surface area contributed by atoms with Gasteiger partial charge in [-0.3, -0.25) is 0 Å². The van der Waals surface area contributed by atoms with Crippen LogP contribution in [0.15, 0.2) is 121 Å².